The number of hydrogen-bond acceptors (Lipinski definition) is 6. The molecule has 138 valence electrons. The van der Waals surface area contributed by atoms with Gasteiger partial charge in [-0.3, -0.25) is 4.79 Å². The molecule has 8 heteroatoms. The molecule has 0 saturated carbocycles. The van der Waals surface area contributed by atoms with Crippen LogP contribution in [0.1, 0.15) is 0 Å². The summed E-state index contributed by atoms with van der Waals surface area (Å²) in [5.41, 5.74) is 10.0. The van der Waals surface area contributed by atoms with Gasteiger partial charge in [-0.15, -0.1) is 0 Å². The second-order valence-electron chi connectivity index (χ2n) is 6.14. The Kier molecular flexibility index (Phi) is 4.70. The Morgan fingerprint density at radius 2 is 1.93 bits per heavy atom. The van der Waals surface area contributed by atoms with Crippen LogP contribution in [0, 0.1) is 0 Å². The van der Waals surface area contributed by atoms with Crippen LogP contribution in [0.25, 0.3) is 33.4 Å². The molecule has 1 amide bonds. The molecule has 0 spiro atoms. The molecule has 0 saturated heterocycles. The molecule has 3 aromatic heterocycles. The number of carbonyl (C=O) groups excluding carboxylic acids is 1. The standard InChI is InChI=1S/C20H15BrN6O/c1-27(11-28)17-6-5-13(9-23-17)16-8-15(12-3-2-4-14(21)7-12)18-19(22)24-10-25-20(18)26-16/h2-11H,1H3,(H2,22,24,25,26). The lowest BCUT2D eigenvalue weighted by Crippen LogP contribution is -2.14. The third kappa shape index (κ3) is 3.29. The van der Waals surface area contributed by atoms with Gasteiger partial charge in [0.25, 0.3) is 0 Å². The number of nitrogens with zero attached hydrogens (tertiary/aromatic N) is 5. The van der Waals surface area contributed by atoms with Gasteiger partial charge in [0.1, 0.15) is 18.0 Å². The Labute approximate surface area is 169 Å². The number of nitrogen functional groups attached to an aromatic ring is 1. The average Bonchev–Trinajstić information content (AvgIpc) is 2.72. The van der Waals surface area contributed by atoms with Crippen LogP contribution in [0.5, 0.6) is 0 Å². The lowest BCUT2D eigenvalue weighted by Gasteiger charge is -2.12. The van der Waals surface area contributed by atoms with Crippen molar-refractivity contribution in [3.05, 3.63) is 59.5 Å². The Bertz CT molecular complexity index is 1180. The minimum Gasteiger partial charge on any atom is -0.383 e. The van der Waals surface area contributed by atoms with Crippen molar-refractivity contribution in [2.75, 3.05) is 17.7 Å². The first kappa shape index (κ1) is 18.0. The molecule has 0 unspecified atom stereocenters. The largest absolute Gasteiger partial charge is 0.383 e. The molecule has 3 heterocycles. The number of rotatable bonds is 4. The number of amides is 1. The van der Waals surface area contributed by atoms with E-state index in [0.717, 1.165) is 21.2 Å². The van der Waals surface area contributed by atoms with Gasteiger partial charge in [-0.05, 0) is 41.5 Å². The third-order valence-electron chi connectivity index (χ3n) is 4.33. The molecule has 7 nitrogen and oxygen atoms in total. The number of benzene rings is 1. The molecule has 4 aromatic rings. The van der Waals surface area contributed by atoms with Crippen LogP contribution in [-0.2, 0) is 4.79 Å². The first-order valence-electron chi connectivity index (χ1n) is 8.38. The summed E-state index contributed by atoms with van der Waals surface area (Å²) in [5.74, 6) is 0.929. The number of hydrogen-bond donors (Lipinski definition) is 1. The first-order valence-corrected chi connectivity index (χ1v) is 9.18. The highest BCUT2D eigenvalue weighted by atomic mass is 79.9. The predicted molar refractivity (Wildman–Crippen MR) is 113 cm³/mol. The molecule has 0 aliphatic carbocycles. The van der Waals surface area contributed by atoms with Crippen LogP contribution in [0.4, 0.5) is 11.6 Å². The summed E-state index contributed by atoms with van der Waals surface area (Å²) in [6.07, 6.45) is 3.79. The van der Waals surface area contributed by atoms with Gasteiger partial charge >= 0.3 is 0 Å². The van der Waals surface area contributed by atoms with Crippen molar-refractivity contribution in [3.8, 4) is 22.4 Å². The van der Waals surface area contributed by atoms with Crippen molar-refractivity contribution < 1.29 is 4.79 Å². The fourth-order valence-electron chi connectivity index (χ4n) is 2.92. The fourth-order valence-corrected chi connectivity index (χ4v) is 3.32. The molecule has 2 N–H and O–H groups in total. The molecular formula is C20H15BrN6O. The lowest BCUT2D eigenvalue weighted by atomic mass is 10.0. The molecule has 28 heavy (non-hydrogen) atoms. The first-order chi connectivity index (χ1) is 13.6. The van der Waals surface area contributed by atoms with Crippen molar-refractivity contribution in [1.29, 1.82) is 0 Å². The van der Waals surface area contributed by atoms with Gasteiger partial charge in [0.2, 0.25) is 6.41 Å². The van der Waals surface area contributed by atoms with Crippen LogP contribution in [0.3, 0.4) is 0 Å². The summed E-state index contributed by atoms with van der Waals surface area (Å²) in [7, 11) is 1.65. The van der Waals surface area contributed by atoms with Crippen molar-refractivity contribution in [1.82, 2.24) is 19.9 Å². The summed E-state index contributed by atoms with van der Waals surface area (Å²) < 4.78 is 0.954. The maximum Gasteiger partial charge on any atom is 0.215 e. The summed E-state index contributed by atoms with van der Waals surface area (Å²) in [4.78, 5) is 29.7. The van der Waals surface area contributed by atoms with Crippen LogP contribution >= 0.6 is 15.9 Å². The zero-order valence-electron chi connectivity index (χ0n) is 14.9. The Balaban J connectivity index is 1.92. The van der Waals surface area contributed by atoms with E-state index in [4.69, 9.17) is 5.73 Å². The summed E-state index contributed by atoms with van der Waals surface area (Å²) in [6.45, 7) is 0. The number of pyridine rings is 2. The SMILES string of the molecule is CN(C=O)c1ccc(-c2cc(-c3cccc(Br)c3)c3c(N)ncnc3n2)cn1. The molecule has 0 fully saturated rings. The highest BCUT2D eigenvalue weighted by Gasteiger charge is 2.14. The molecule has 0 bridgehead atoms. The minimum absolute atomic E-state index is 0.375. The Morgan fingerprint density at radius 1 is 1.07 bits per heavy atom. The minimum atomic E-state index is 0.375. The number of aromatic nitrogens is 4. The van der Waals surface area contributed by atoms with Crippen LogP contribution < -0.4 is 10.6 Å². The van der Waals surface area contributed by atoms with Crippen LogP contribution in [0.15, 0.2) is 59.5 Å². The summed E-state index contributed by atoms with van der Waals surface area (Å²) in [6, 6.07) is 13.5. The normalized spacial score (nSPS) is 10.8. The smallest absolute Gasteiger partial charge is 0.215 e. The molecule has 0 radical (unpaired) electrons. The van der Waals surface area contributed by atoms with E-state index >= 15 is 0 Å². The number of carbonyl (C=O) groups is 1. The van der Waals surface area contributed by atoms with Gasteiger partial charge < -0.3 is 10.6 Å². The topological polar surface area (TPSA) is 97.9 Å². The maximum absolute atomic E-state index is 10.9. The number of halogens is 1. The van der Waals surface area contributed by atoms with Crippen LogP contribution in [0.2, 0.25) is 0 Å². The Hall–Kier alpha value is -3.39. The van der Waals surface area contributed by atoms with Crippen molar-refractivity contribution in [2.45, 2.75) is 0 Å². The quantitative estimate of drug-likeness (QED) is 0.491. The van der Waals surface area contributed by atoms with E-state index < -0.39 is 0 Å². The van der Waals surface area contributed by atoms with Gasteiger partial charge in [0.05, 0.1) is 11.1 Å². The highest BCUT2D eigenvalue weighted by Crippen LogP contribution is 2.34. The van der Waals surface area contributed by atoms with E-state index in [9.17, 15) is 4.79 Å². The zero-order valence-corrected chi connectivity index (χ0v) is 16.5. The van der Waals surface area contributed by atoms with Crippen molar-refractivity contribution >= 4 is 45.0 Å². The van der Waals surface area contributed by atoms with E-state index in [1.165, 1.54) is 11.2 Å². The molecule has 0 atom stereocenters. The molecule has 4 rings (SSSR count). The van der Waals surface area contributed by atoms with Gasteiger partial charge in [-0.2, -0.15) is 0 Å². The van der Waals surface area contributed by atoms with Gasteiger partial charge in [0.15, 0.2) is 5.65 Å². The van der Waals surface area contributed by atoms with Gasteiger partial charge in [-0.25, -0.2) is 19.9 Å². The van der Waals surface area contributed by atoms with E-state index in [0.29, 0.717) is 34.8 Å². The predicted octanol–water partition coefficient (Wildman–Crippen LogP) is 3.69. The molecule has 0 aliphatic heterocycles. The highest BCUT2D eigenvalue weighted by molar-refractivity contribution is 9.10. The molecule has 1 aromatic carbocycles. The van der Waals surface area contributed by atoms with Crippen molar-refractivity contribution in [3.63, 3.8) is 0 Å². The Morgan fingerprint density at radius 3 is 2.64 bits per heavy atom. The van der Waals surface area contributed by atoms with Crippen molar-refractivity contribution in [2.24, 2.45) is 0 Å². The van der Waals surface area contributed by atoms with Crippen LogP contribution in [-0.4, -0.2) is 33.4 Å². The van der Waals surface area contributed by atoms with E-state index in [2.05, 4.69) is 35.9 Å². The second kappa shape index (κ2) is 7.32. The van der Waals surface area contributed by atoms with E-state index in [1.54, 1.807) is 19.3 Å². The summed E-state index contributed by atoms with van der Waals surface area (Å²) in [5, 5.41) is 0.703. The second-order valence-corrected chi connectivity index (χ2v) is 7.06. The monoisotopic (exact) mass is 434 g/mol. The molecule has 0 aliphatic rings. The zero-order chi connectivity index (χ0) is 19.7. The van der Waals surface area contributed by atoms with E-state index in [1.807, 2.05) is 36.4 Å². The van der Waals surface area contributed by atoms with E-state index in [-0.39, 0.29) is 0 Å². The number of nitrogens with two attached hydrogens (primary N) is 1. The summed E-state index contributed by atoms with van der Waals surface area (Å²) >= 11 is 3.51. The number of fused-ring (bicyclic) bond motifs is 1. The van der Waals surface area contributed by atoms with Gasteiger partial charge in [-0.1, -0.05) is 28.1 Å². The van der Waals surface area contributed by atoms with Gasteiger partial charge in [0, 0.05) is 23.3 Å². The number of anilines is 2. The third-order valence-corrected chi connectivity index (χ3v) is 4.83. The lowest BCUT2D eigenvalue weighted by molar-refractivity contribution is -0.107. The maximum atomic E-state index is 10.9. The average molecular weight is 435 g/mol. The molecular weight excluding hydrogens is 420 g/mol. The fraction of sp³-hybridized carbons (Fsp3) is 0.0500.